The Morgan fingerprint density at radius 3 is 2.52 bits per heavy atom. The second-order valence-corrected chi connectivity index (χ2v) is 6.45. The van der Waals surface area contributed by atoms with Crippen LogP contribution in [0.1, 0.15) is 39.7 Å². The number of carbonyl (C=O) groups is 1. The van der Waals surface area contributed by atoms with Gasteiger partial charge in [0, 0.05) is 13.1 Å². The van der Waals surface area contributed by atoms with Crippen molar-refractivity contribution in [1.82, 2.24) is 14.7 Å². The first-order valence-electron chi connectivity index (χ1n) is 7.43. The topological polar surface area (TPSA) is 82.6 Å². The maximum absolute atomic E-state index is 12.2. The maximum Gasteiger partial charge on any atom is 0.410 e. The largest absolute Gasteiger partial charge is 0.444 e. The smallest absolute Gasteiger partial charge is 0.410 e. The molecule has 130 valence electrons. The van der Waals surface area contributed by atoms with Crippen molar-refractivity contribution in [3.63, 3.8) is 0 Å². The third-order valence-corrected chi connectivity index (χ3v) is 3.42. The standard InChI is InChI=1S/C14H22F2N4O3/c1-14(2,3)23-13(21)19-6-4-9(5-7-19)20-8-10(17)11(18-20)22-12(15)16/h8-9,12H,4-7,17H2,1-3H3. The highest BCUT2D eigenvalue weighted by molar-refractivity contribution is 5.68. The molecule has 1 aromatic rings. The minimum absolute atomic E-state index is 0.0222. The lowest BCUT2D eigenvalue weighted by Crippen LogP contribution is -2.42. The van der Waals surface area contributed by atoms with Crippen LogP contribution >= 0.6 is 0 Å². The summed E-state index contributed by atoms with van der Waals surface area (Å²) in [5, 5.41) is 3.96. The molecule has 1 fully saturated rings. The molecule has 0 bridgehead atoms. The van der Waals surface area contributed by atoms with Gasteiger partial charge in [0.1, 0.15) is 11.3 Å². The van der Waals surface area contributed by atoms with Crippen molar-refractivity contribution in [1.29, 1.82) is 0 Å². The van der Waals surface area contributed by atoms with E-state index in [4.69, 9.17) is 10.5 Å². The third kappa shape index (κ3) is 4.70. The predicted molar refractivity (Wildman–Crippen MR) is 79.3 cm³/mol. The van der Waals surface area contributed by atoms with Gasteiger partial charge in [-0.1, -0.05) is 0 Å². The zero-order valence-electron chi connectivity index (χ0n) is 13.5. The molecule has 2 rings (SSSR count). The van der Waals surface area contributed by atoms with Crippen LogP contribution in [0.2, 0.25) is 0 Å². The highest BCUT2D eigenvalue weighted by Gasteiger charge is 2.28. The lowest BCUT2D eigenvalue weighted by molar-refractivity contribution is -0.0529. The fraction of sp³-hybridized carbons (Fsp3) is 0.714. The molecule has 0 radical (unpaired) electrons. The van der Waals surface area contributed by atoms with Gasteiger partial charge in [-0.25, -0.2) is 4.79 Å². The van der Waals surface area contributed by atoms with Gasteiger partial charge in [-0.2, -0.15) is 8.78 Å². The van der Waals surface area contributed by atoms with Gasteiger partial charge in [0.2, 0.25) is 0 Å². The molecule has 2 N–H and O–H groups in total. The van der Waals surface area contributed by atoms with Crippen molar-refractivity contribution in [3.05, 3.63) is 6.20 Å². The second kappa shape index (κ2) is 6.59. The number of hydrogen-bond acceptors (Lipinski definition) is 5. The van der Waals surface area contributed by atoms with Crippen molar-refractivity contribution < 1.29 is 23.0 Å². The molecule has 1 aliphatic rings. The summed E-state index contributed by atoms with van der Waals surface area (Å²) >= 11 is 0. The normalized spacial score (nSPS) is 16.7. The van der Waals surface area contributed by atoms with Crippen LogP contribution in [0, 0.1) is 0 Å². The summed E-state index contributed by atoms with van der Waals surface area (Å²) in [6, 6.07) is -0.0222. The van der Waals surface area contributed by atoms with Crippen LogP contribution in [0.15, 0.2) is 6.20 Å². The minimum atomic E-state index is -2.96. The summed E-state index contributed by atoms with van der Waals surface area (Å²) in [7, 11) is 0. The van der Waals surface area contributed by atoms with Crippen molar-refractivity contribution in [2.75, 3.05) is 18.8 Å². The summed E-state index contributed by atoms with van der Waals surface area (Å²) < 4.78 is 35.6. The van der Waals surface area contributed by atoms with E-state index in [-0.39, 0.29) is 23.7 Å². The lowest BCUT2D eigenvalue weighted by atomic mass is 10.1. The van der Waals surface area contributed by atoms with Gasteiger partial charge in [0.15, 0.2) is 0 Å². The Labute approximate surface area is 133 Å². The number of alkyl halides is 2. The molecule has 1 saturated heterocycles. The molecule has 0 aliphatic carbocycles. The first-order chi connectivity index (χ1) is 10.7. The van der Waals surface area contributed by atoms with E-state index in [1.807, 2.05) is 20.8 Å². The van der Waals surface area contributed by atoms with E-state index in [2.05, 4.69) is 9.84 Å². The number of carbonyl (C=O) groups excluding carboxylic acids is 1. The van der Waals surface area contributed by atoms with Gasteiger partial charge >= 0.3 is 12.7 Å². The Balaban J connectivity index is 1.93. The molecule has 0 unspecified atom stereocenters. The number of piperidine rings is 1. The number of amides is 1. The first kappa shape index (κ1) is 17.3. The van der Waals surface area contributed by atoms with Crippen LogP contribution < -0.4 is 10.5 Å². The quantitative estimate of drug-likeness (QED) is 0.920. The number of aromatic nitrogens is 2. The minimum Gasteiger partial charge on any atom is -0.444 e. The van der Waals surface area contributed by atoms with E-state index < -0.39 is 12.2 Å². The molecule has 1 aromatic heterocycles. The number of nitrogens with zero attached hydrogens (tertiary/aromatic N) is 3. The predicted octanol–water partition coefficient (Wildman–Crippen LogP) is 2.64. The van der Waals surface area contributed by atoms with Crippen LogP contribution in [0.3, 0.4) is 0 Å². The lowest BCUT2D eigenvalue weighted by Gasteiger charge is -2.33. The Bertz CT molecular complexity index is 549. The summed E-state index contributed by atoms with van der Waals surface area (Å²) in [4.78, 5) is 13.6. The molecule has 1 aliphatic heterocycles. The monoisotopic (exact) mass is 332 g/mol. The highest BCUT2D eigenvalue weighted by atomic mass is 19.3. The molecule has 9 heteroatoms. The summed E-state index contributed by atoms with van der Waals surface area (Å²) in [6.07, 6.45) is 2.40. The molecular weight excluding hydrogens is 310 g/mol. The Morgan fingerprint density at radius 2 is 2.00 bits per heavy atom. The van der Waals surface area contributed by atoms with Crippen LogP contribution in [-0.2, 0) is 4.74 Å². The first-order valence-corrected chi connectivity index (χ1v) is 7.43. The number of rotatable bonds is 3. The zero-order chi connectivity index (χ0) is 17.2. The number of hydrogen-bond donors (Lipinski definition) is 1. The molecule has 2 heterocycles. The van der Waals surface area contributed by atoms with E-state index in [0.717, 1.165) is 0 Å². The van der Waals surface area contributed by atoms with Crippen LogP contribution in [0.25, 0.3) is 0 Å². The molecule has 0 saturated carbocycles. The van der Waals surface area contributed by atoms with Gasteiger partial charge in [-0.3, -0.25) is 4.68 Å². The van der Waals surface area contributed by atoms with E-state index in [0.29, 0.717) is 25.9 Å². The maximum atomic E-state index is 12.2. The van der Waals surface area contributed by atoms with E-state index >= 15 is 0 Å². The van der Waals surface area contributed by atoms with Crippen molar-refractivity contribution in [3.8, 4) is 5.88 Å². The van der Waals surface area contributed by atoms with Crippen LogP contribution in [-0.4, -0.2) is 46.1 Å². The van der Waals surface area contributed by atoms with Crippen molar-refractivity contribution in [2.45, 2.75) is 51.9 Å². The van der Waals surface area contributed by atoms with Gasteiger partial charge in [-0.05, 0) is 33.6 Å². The third-order valence-electron chi connectivity index (χ3n) is 3.42. The molecule has 1 amide bonds. The SMILES string of the molecule is CC(C)(C)OC(=O)N1CCC(n2cc(N)c(OC(F)F)n2)CC1. The van der Waals surface area contributed by atoms with Gasteiger partial charge in [0.05, 0.1) is 12.2 Å². The average molecular weight is 332 g/mol. The van der Waals surface area contributed by atoms with Crippen LogP contribution in [0.4, 0.5) is 19.3 Å². The summed E-state index contributed by atoms with van der Waals surface area (Å²) in [6.45, 7) is 3.49. The highest BCUT2D eigenvalue weighted by Crippen LogP contribution is 2.28. The fourth-order valence-electron chi connectivity index (χ4n) is 2.39. The summed E-state index contributed by atoms with van der Waals surface area (Å²) in [5.41, 5.74) is 5.15. The number of ether oxygens (including phenoxy) is 2. The Kier molecular flexibility index (Phi) is 4.96. The second-order valence-electron chi connectivity index (χ2n) is 6.45. The van der Waals surface area contributed by atoms with Gasteiger partial charge in [0.25, 0.3) is 5.88 Å². The Morgan fingerprint density at radius 1 is 1.39 bits per heavy atom. The van der Waals surface area contributed by atoms with E-state index in [1.54, 1.807) is 4.90 Å². The number of anilines is 1. The van der Waals surface area contributed by atoms with Crippen molar-refractivity contribution in [2.24, 2.45) is 0 Å². The Hall–Kier alpha value is -2.06. The van der Waals surface area contributed by atoms with Gasteiger partial charge < -0.3 is 20.1 Å². The molecule has 7 nitrogen and oxygen atoms in total. The zero-order valence-corrected chi connectivity index (χ0v) is 13.5. The van der Waals surface area contributed by atoms with Gasteiger partial charge in [-0.15, -0.1) is 5.10 Å². The average Bonchev–Trinajstić information content (AvgIpc) is 2.78. The van der Waals surface area contributed by atoms with E-state index in [9.17, 15) is 13.6 Å². The van der Waals surface area contributed by atoms with Crippen LogP contribution in [0.5, 0.6) is 5.88 Å². The molecule has 0 spiro atoms. The number of nitrogens with two attached hydrogens (primary N) is 1. The number of likely N-dealkylation sites (tertiary alicyclic amines) is 1. The van der Waals surface area contributed by atoms with E-state index in [1.165, 1.54) is 10.9 Å². The number of halogens is 2. The molecule has 0 atom stereocenters. The fourth-order valence-corrected chi connectivity index (χ4v) is 2.39. The molecule has 23 heavy (non-hydrogen) atoms. The molecule has 0 aromatic carbocycles. The number of nitrogen functional groups attached to an aromatic ring is 1. The van der Waals surface area contributed by atoms with Crippen molar-refractivity contribution >= 4 is 11.8 Å². The summed E-state index contributed by atoms with van der Waals surface area (Å²) in [5.74, 6) is -0.269. The molecular formula is C14H22F2N4O3.